The summed E-state index contributed by atoms with van der Waals surface area (Å²) in [4.78, 5) is 0. The van der Waals surface area contributed by atoms with Crippen molar-refractivity contribution in [1.29, 1.82) is 0 Å². The summed E-state index contributed by atoms with van der Waals surface area (Å²) in [6.07, 6.45) is 8.75. The molecule has 0 aliphatic rings. The molecule has 27 heavy (non-hydrogen) atoms. The van der Waals surface area contributed by atoms with Crippen LogP contribution in [0, 0.1) is 0 Å². The van der Waals surface area contributed by atoms with Gasteiger partial charge in [0, 0.05) is 19.3 Å². The van der Waals surface area contributed by atoms with Crippen molar-refractivity contribution in [2.45, 2.75) is 76.4 Å². The topological polar surface area (TPSA) is 47.9 Å². The molecule has 0 bridgehead atoms. The molecule has 0 aliphatic heterocycles. The first kappa shape index (κ1) is 24.1. The van der Waals surface area contributed by atoms with Gasteiger partial charge in [-0.05, 0) is 30.4 Å². The van der Waals surface area contributed by atoms with Crippen molar-refractivity contribution < 1.29 is 34.8 Å². The molecule has 0 amide bonds. The van der Waals surface area contributed by atoms with E-state index in [9.17, 15) is 5.11 Å². The summed E-state index contributed by atoms with van der Waals surface area (Å²) in [5.41, 5.74) is 5.67. The fraction of sp³-hybridized carbons (Fsp3) is 0.500. The number of quaternary nitrogens is 1. The molecule has 2 aromatic rings. The van der Waals surface area contributed by atoms with Gasteiger partial charge < -0.3 is 34.8 Å². The molecule has 2 rings (SSSR count). The van der Waals surface area contributed by atoms with E-state index in [1.54, 1.807) is 0 Å². The summed E-state index contributed by atoms with van der Waals surface area (Å²) in [5.74, 6) is 0. The van der Waals surface area contributed by atoms with Crippen molar-refractivity contribution in [1.82, 2.24) is 0 Å². The van der Waals surface area contributed by atoms with E-state index in [4.69, 9.17) is 0 Å². The van der Waals surface area contributed by atoms with Gasteiger partial charge in [-0.25, -0.2) is 0 Å². The molecule has 2 nitrogen and oxygen atoms in total. The van der Waals surface area contributed by atoms with Crippen molar-refractivity contribution in [3.63, 3.8) is 0 Å². The molecule has 0 heterocycles. The molecular weight excluding hydrogens is 445 g/mol. The zero-order valence-corrected chi connectivity index (χ0v) is 19.1. The zero-order chi connectivity index (χ0) is 18.9. The summed E-state index contributed by atoms with van der Waals surface area (Å²) in [6.45, 7) is 4.48. The number of aliphatic hydroxyl groups is 1. The summed E-state index contributed by atoms with van der Waals surface area (Å²) < 4.78 is 0. The zero-order valence-electron chi connectivity index (χ0n) is 17.0. The van der Waals surface area contributed by atoms with Gasteiger partial charge in [-0.3, -0.25) is 0 Å². The monoisotopic (exact) mass is 481 g/mol. The van der Waals surface area contributed by atoms with Crippen molar-refractivity contribution in [3.8, 4) is 0 Å². The van der Waals surface area contributed by atoms with E-state index < -0.39 is 5.60 Å². The van der Waals surface area contributed by atoms with Crippen molar-refractivity contribution in [3.05, 3.63) is 71.8 Å². The minimum atomic E-state index is -0.954. The number of hydrogen-bond acceptors (Lipinski definition) is 1. The molecule has 2 aromatic carbocycles. The first-order valence-corrected chi connectivity index (χ1v) is 10.2. The molecular formula is C24H36INO. The third-order valence-electron chi connectivity index (χ3n) is 5.64. The molecule has 150 valence electrons. The second-order valence-corrected chi connectivity index (χ2v) is 7.80. The molecule has 0 aliphatic carbocycles. The third-order valence-corrected chi connectivity index (χ3v) is 5.64. The fourth-order valence-electron chi connectivity index (χ4n) is 3.81. The van der Waals surface area contributed by atoms with E-state index in [1.807, 2.05) is 60.7 Å². The van der Waals surface area contributed by atoms with E-state index in [1.165, 1.54) is 25.7 Å². The minimum Gasteiger partial charge on any atom is -1.00 e. The minimum absolute atomic E-state index is 0. The van der Waals surface area contributed by atoms with Gasteiger partial charge >= 0.3 is 0 Å². The van der Waals surface area contributed by atoms with Gasteiger partial charge in [-0.1, -0.05) is 87.4 Å². The lowest BCUT2D eigenvalue weighted by Gasteiger charge is -2.34. The highest BCUT2D eigenvalue weighted by molar-refractivity contribution is 5.35. The maximum atomic E-state index is 11.7. The van der Waals surface area contributed by atoms with E-state index in [0.29, 0.717) is 6.42 Å². The Kier molecular flexibility index (Phi) is 10.6. The summed E-state index contributed by atoms with van der Waals surface area (Å²) in [7, 11) is 0. The Hall–Kier alpha value is -0.910. The molecule has 0 spiro atoms. The number of hydrogen-bond donors (Lipinski definition) is 2. The van der Waals surface area contributed by atoms with Crippen LogP contribution in [0.3, 0.4) is 0 Å². The van der Waals surface area contributed by atoms with Crippen LogP contribution >= 0.6 is 0 Å². The van der Waals surface area contributed by atoms with Crippen LogP contribution in [0.2, 0.25) is 0 Å². The third kappa shape index (κ3) is 6.88. The predicted molar refractivity (Wildman–Crippen MR) is 110 cm³/mol. The smallest absolute Gasteiger partial charge is 0.115 e. The van der Waals surface area contributed by atoms with Gasteiger partial charge in [-0.2, -0.15) is 0 Å². The average Bonchev–Trinajstić information content (AvgIpc) is 2.70. The molecule has 0 saturated heterocycles. The quantitative estimate of drug-likeness (QED) is 0.475. The first-order valence-electron chi connectivity index (χ1n) is 10.2. The van der Waals surface area contributed by atoms with Crippen molar-refractivity contribution >= 4 is 0 Å². The lowest BCUT2D eigenvalue weighted by molar-refractivity contribution is -0.485. The molecule has 0 atom stereocenters. The molecule has 0 unspecified atom stereocenters. The Balaban J connectivity index is 0.00000364. The summed E-state index contributed by atoms with van der Waals surface area (Å²) >= 11 is 0. The van der Waals surface area contributed by atoms with Crippen LogP contribution in [0.15, 0.2) is 60.7 Å². The van der Waals surface area contributed by atoms with Gasteiger partial charge in [0.05, 0.1) is 5.54 Å². The van der Waals surface area contributed by atoms with Gasteiger partial charge in [0.2, 0.25) is 0 Å². The molecule has 0 saturated carbocycles. The van der Waals surface area contributed by atoms with Crippen molar-refractivity contribution in [2.75, 3.05) is 0 Å². The van der Waals surface area contributed by atoms with Gasteiger partial charge in [0.1, 0.15) is 5.60 Å². The van der Waals surface area contributed by atoms with Crippen LogP contribution in [-0.2, 0) is 5.60 Å². The Morgan fingerprint density at radius 3 is 1.48 bits per heavy atom. The number of halogens is 1. The van der Waals surface area contributed by atoms with Crippen LogP contribution in [0.5, 0.6) is 0 Å². The summed E-state index contributed by atoms with van der Waals surface area (Å²) in [5, 5.41) is 11.7. The van der Waals surface area contributed by atoms with Crippen LogP contribution in [0.4, 0.5) is 0 Å². The standard InChI is InChI=1S/C24H35NO.HI/c1-3-5-17-23(25,18-6-4-2)19-20-24(26,21-13-9-7-10-14-21)22-15-11-8-12-16-22;/h7-16,26H,3-6,17-20,25H2,1-2H3;1H. The number of unbranched alkanes of at least 4 members (excludes halogenated alkanes) is 2. The second-order valence-electron chi connectivity index (χ2n) is 7.80. The van der Waals surface area contributed by atoms with E-state index in [0.717, 1.165) is 30.4 Å². The van der Waals surface area contributed by atoms with Gasteiger partial charge in [0.25, 0.3) is 0 Å². The predicted octanol–water partition coefficient (Wildman–Crippen LogP) is 2.07. The second kappa shape index (κ2) is 11.8. The highest BCUT2D eigenvalue weighted by Crippen LogP contribution is 2.36. The Bertz CT molecular complexity index is 582. The molecule has 0 fully saturated rings. The maximum absolute atomic E-state index is 11.7. The van der Waals surface area contributed by atoms with Crippen LogP contribution in [0.25, 0.3) is 0 Å². The summed E-state index contributed by atoms with van der Waals surface area (Å²) in [6, 6.07) is 20.2. The maximum Gasteiger partial charge on any atom is 0.115 e. The van der Waals surface area contributed by atoms with Crippen molar-refractivity contribution in [2.24, 2.45) is 0 Å². The fourth-order valence-corrected chi connectivity index (χ4v) is 3.81. The first-order chi connectivity index (χ1) is 12.5. The average molecular weight is 481 g/mol. The number of rotatable bonds is 11. The van der Waals surface area contributed by atoms with E-state index >= 15 is 0 Å². The lowest BCUT2D eigenvalue weighted by Crippen LogP contribution is -3.00. The van der Waals surface area contributed by atoms with Crippen LogP contribution in [0.1, 0.15) is 76.3 Å². The Morgan fingerprint density at radius 1 is 0.704 bits per heavy atom. The molecule has 0 radical (unpaired) electrons. The highest BCUT2D eigenvalue weighted by Gasteiger charge is 2.36. The number of benzene rings is 2. The Labute approximate surface area is 182 Å². The van der Waals surface area contributed by atoms with E-state index in [2.05, 4.69) is 19.6 Å². The largest absolute Gasteiger partial charge is 1.00 e. The van der Waals surface area contributed by atoms with Crippen LogP contribution in [-0.4, -0.2) is 10.6 Å². The van der Waals surface area contributed by atoms with Gasteiger partial charge in [-0.15, -0.1) is 0 Å². The van der Waals surface area contributed by atoms with Gasteiger partial charge in [0.15, 0.2) is 0 Å². The normalized spacial score (nSPS) is 11.9. The Morgan fingerprint density at radius 2 is 1.11 bits per heavy atom. The lowest BCUT2D eigenvalue weighted by atomic mass is 9.76. The molecule has 0 aromatic heterocycles. The molecule has 3 heteroatoms. The van der Waals surface area contributed by atoms with E-state index in [-0.39, 0.29) is 29.5 Å². The molecule has 4 N–H and O–H groups in total. The highest BCUT2D eigenvalue weighted by atomic mass is 127. The SMILES string of the molecule is CCCCC([NH3+])(CCCC)CCC(O)(c1ccccc1)c1ccccc1.[I-]. The van der Waals surface area contributed by atoms with Crippen LogP contribution < -0.4 is 29.7 Å².